The van der Waals surface area contributed by atoms with Gasteiger partial charge in [0.2, 0.25) is 5.91 Å². The Hall–Kier alpha value is -0.530. The fourth-order valence-electron chi connectivity index (χ4n) is 2.85. The number of rotatable bonds is 11. The van der Waals surface area contributed by atoms with Gasteiger partial charge < -0.3 is 4.90 Å². The molecule has 2 unspecified atom stereocenters. The summed E-state index contributed by atoms with van der Waals surface area (Å²) >= 11 is 0. The lowest BCUT2D eigenvalue weighted by Crippen LogP contribution is -2.45. The van der Waals surface area contributed by atoms with Crippen molar-refractivity contribution in [2.45, 2.75) is 104 Å². The van der Waals surface area contributed by atoms with Crippen molar-refractivity contribution in [3.8, 4) is 0 Å². The second-order valence-corrected chi connectivity index (χ2v) is 5.75. The Morgan fingerprint density at radius 1 is 0.947 bits per heavy atom. The maximum Gasteiger partial charge on any atom is 0.223 e. The molecule has 0 fully saturated rings. The van der Waals surface area contributed by atoms with Crippen LogP contribution in [0.4, 0.5) is 0 Å². The smallest absolute Gasteiger partial charge is 0.223 e. The molecule has 0 aliphatic rings. The van der Waals surface area contributed by atoms with E-state index in [1.807, 2.05) is 0 Å². The van der Waals surface area contributed by atoms with Gasteiger partial charge in [0.05, 0.1) is 0 Å². The zero-order valence-corrected chi connectivity index (χ0v) is 13.9. The first-order valence-electron chi connectivity index (χ1n) is 8.43. The average Bonchev–Trinajstić information content (AvgIpc) is 2.38. The van der Waals surface area contributed by atoms with E-state index in [1.54, 1.807) is 0 Å². The van der Waals surface area contributed by atoms with Crippen LogP contribution in [0.15, 0.2) is 0 Å². The molecule has 0 aromatic heterocycles. The molecule has 2 nitrogen and oxygen atoms in total. The van der Waals surface area contributed by atoms with Crippen LogP contribution in [0.2, 0.25) is 0 Å². The molecule has 114 valence electrons. The Balaban J connectivity index is 4.66. The largest absolute Gasteiger partial charge is 0.337 e. The first-order valence-corrected chi connectivity index (χ1v) is 8.43. The summed E-state index contributed by atoms with van der Waals surface area (Å²) in [6.07, 6.45) is 9.99. The van der Waals surface area contributed by atoms with E-state index in [9.17, 15) is 4.79 Å². The second-order valence-electron chi connectivity index (χ2n) is 5.75. The summed E-state index contributed by atoms with van der Waals surface area (Å²) in [5.41, 5.74) is 0. The SMILES string of the molecule is CCCCCC(C)N(C(=O)CCC)C(CC)CCC. The quantitative estimate of drug-likeness (QED) is 0.474. The standard InChI is InChI=1S/C17H35NO/c1-6-10-11-14-15(5)18(17(19)13-8-3)16(9-4)12-7-2/h15-16H,6-14H2,1-5H3. The van der Waals surface area contributed by atoms with Gasteiger partial charge in [-0.1, -0.05) is 53.4 Å². The number of nitrogens with zero attached hydrogens (tertiary/aromatic N) is 1. The number of carbonyl (C=O) groups excluding carboxylic acids is 1. The van der Waals surface area contributed by atoms with Gasteiger partial charge in [0, 0.05) is 18.5 Å². The highest BCUT2D eigenvalue weighted by Crippen LogP contribution is 2.20. The molecule has 0 N–H and O–H groups in total. The number of hydrogen-bond donors (Lipinski definition) is 0. The van der Waals surface area contributed by atoms with E-state index in [0.717, 1.165) is 32.1 Å². The van der Waals surface area contributed by atoms with Crippen molar-refractivity contribution in [2.24, 2.45) is 0 Å². The summed E-state index contributed by atoms with van der Waals surface area (Å²) < 4.78 is 0. The first-order chi connectivity index (χ1) is 9.12. The molecule has 0 aliphatic carbocycles. The van der Waals surface area contributed by atoms with Gasteiger partial charge >= 0.3 is 0 Å². The third-order valence-corrected chi connectivity index (χ3v) is 3.94. The molecular weight excluding hydrogens is 234 g/mol. The molecule has 19 heavy (non-hydrogen) atoms. The van der Waals surface area contributed by atoms with Crippen LogP contribution in [0.3, 0.4) is 0 Å². The molecule has 1 amide bonds. The van der Waals surface area contributed by atoms with E-state index >= 15 is 0 Å². The van der Waals surface area contributed by atoms with Crippen molar-refractivity contribution in [1.29, 1.82) is 0 Å². The topological polar surface area (TPSA) is 20.3 Å². The molecule has 0 rings (SSSR count). The van der Waals surface area contributed by atoms with Gasteiger partial charge in [-0.25, -0.2) is 0 Å². The van der Waals surface area contributed by atoms with Gasteiger partial charge in [-0.3, -0.25) is 4.79 Å². The van der Waals surface area contributed by atoms with E-state index in [1.165, 1.54) is 19.3 Å². The van der Waals surface area contributed by atoms with E-state index < -0.39 is 0 Å². The van der Waals surface area contributed by atoms with Crippen LogP contribution in [0.1, 0.15) is 92.4 Å². The Morgan fingerprint density at radius 2 is 1.63 bits per heavy atom. The minimum atomic E-state index is 0.367. The fourth-order valence-corrected chi connectivity index (χ4v) is 2.85. The van der Waals surface area contributed by atoms with Crippen molar-refractivity contribution >= 4 is 5.91 Å². The summed E-state index contributed by atoms with van der Waals surface area (Å²) in [7, 11) is 0. The van der Waals surface area contributed by atoms with Crippen molar-refractivity contribution in [3.63, 3.8) is 0 Å². The third kappa shape index (κ3) is 6.98. The lowest BCUT2D eigenvalue weighted by atomic mass is 10.0. The van der Waals surface area contributed by atoms with Gasteiger partial charge in [-0.2, -0.15) is 0 Å². The molecule has 0 aromatic carbocycles. The zero-order chi connectivity index (χ0) is 14.7. The van der Waals surface area contributed by atoms with Gasteiger partial charge in [0.1, 0.15) is 0 Å². The first kappa shape index (κ1) is 18.5. The molecule has 0 radical (unpaired) electrons. The molecule has 2 atom stereocenters. The molecule has 0 aliphatic heterocycles. The van der Waals surface area contributed by atoms with Crippen LogP contribution in [0.25, 0.3) is 0 Å². The lowest BCUT2D eigenvalue weighted by Gasteiger charge is -2.36. The fraction of sp³-hybridized carbons (Fsp3) is 0.941. The van der Waals surface area contributed by atoms with Gasteiger partial charge in [0.25, 0.3) is 0 Å². The van der Waals surface area contributed by atoms with E-state index in [4.69, 9.17) is 0 Å². The minimum absolute atomic E-state index is 0.367. The Kier molecular flexibility index (Phi) is 11.0. The van der Waals surface area contributed by atoms with E-state index in [2.05, 4.69) is 39.5 Å². The van der Waals surface area contributed by atoms with Gasteiger partial charge in [-0.05, 0) is 32.6 Å². The predicted octanol–water partition coefficient (Wildman–Crippen LogP) is 5.16. The molecule has 0 saturated carbocycles. The predicted molar refractivity (Wildman–Crippen MR) is 84.3 cm³/mol. The van der Waals surface area contributed by atoms with Crippen molar-refractivity contribution in [1.82, 2.24) is 4.90 Å². The second kappa shape index (κ2) is 11.3. The Labute approximate surface area is 120 Å². The van der Waals surface area contributed by atoms with Crippen molar-refractivity contribution in [3.05, 3.63) is 0 Å². The van der Waals surface area contributed by atoms with Crippen LogP contribution >= 0.6 is 0 Å². The molecule has 0 heterocycles. The van der Waals surface area contributed by atoms with E-state index in [-0.39, 0.29) is 0 Å². The molecule has 0 bridgehead atoms. The van der Waals surface area contributed by atoms with Crippen LogP contribution in [0.5, 0.6) is 0 Å². The Bertz CT molecular complexity index is 227. The van der Waals surface area contributed by atoms with Crippen LogP contribution in [-0.4, -0.2) is 22.9 Å². The maximum absolute atomic E-state index is 12.4. The number of unbranched alkanes of at least 4 members (excludes halogenated alkanes) is 2. The molecule has 0 saturated heterocycles. The van der Waals surface area contributed by atoms with Gasteiger partial charge in [0.15, 0.2) is 0 Å². The number of amides is 1. The highest BCUT2D eigenvalue weighted by molar-refractivity contribution is 5.76. The average molecular weight is 269 g/mol. The molecule has 0 aromatic rings. The number of hydrogen-bond acceptors (Lipinski definition) is 1. The third-order valence-electron chi connectivity index (χ3n) is 3.94. The Morgan fingerprint density at radius 3 is 2.11 bits per heavy atom. The molecular formula is C17H35NO. The highest BCUT2D eigenvalue weighted by Gasteiger charge is 2.25. The van der Waals surface area contributed by atoms with Crippen LogP contribution in [-0.2, 0) is 4.79 Å². The summed E-state index contributed by atoms with van der Waals surface area (Å²) in [4.78, 5) is 14.6. The molecule has 0 spiro atoms. The summed E-state index contributed by atoms with van der Waals surface area (Å²) in [6, 6.07) is 0.850. The van der Waals surface area contributed by atoms with Crippen molar-refractivity contribution in [2.75, 3.05) is 0 Å². The highest BCUT2D eigenvalue weighted by atomic mass is 16.2. The summed E-state index contributed by atoms with van der Waals surface area (Å²) in [5.74, 6) is 0.367. The lowest BCUT2D eigenvalue weighted by molar-refractivity contribution is -0.136. The van der Waals surface area contributed by atoms with Crippen LogP contribution < -0.4 is 0 Å². The minimum Gasteiger partial charge on any atom is -0.337 e. The monoisotopic (exact) mass is 269 g/mol. The normalized spacial score (nSPS) is 14.2. The molecule has 2 heteroatoms. The van der Waals surface area contributed by atoms with Crippen LogP contribution in [0, 0.1) is 0 Å². The summed E-state index contributed by atoms with van der Waals surface area (Å²) in [5, 5.41) is 0. The summed E-state index contributed by atoms with van der Waals surface area (Å²) in [6.45, 7) is 11.0. The zero-order valence-electron chi connectivity index (χ0n) is 13.9. The number of carbonyl (C=O) groups is 1. The van der Waals surface area contributed by atoms with Crippen molar-refractivity contribution < 1.29 is 4.79 Å². The van der Waals surface area contributed by atoms with E-state index in [0.29, 0.717) is 24.4 Å². The maximum atomic E-state index is 12.4. The van der Waals surface area contributed by atoms with Gasteiger partial charge in [-0.15, -0.1) is 0 Å².